The van der Waals surface area contributed by atoms with Crippen molar-refractivity contribution >= 4 is 11.0 Å². The van der Waals surface area contributed by atoms with Crippen LogP contribution in [0.4, 0.5) is 0 Å². The van der Waals surface area contributed by atoms with Crippen LogP contribution in [0, 0.1) is 0 Å². The molecule has 5 nitrogen and oxygen atoms in total. The van der Waals surface area contributed by atoms with Crippen LogP contribution in [0.5, 0.6) is 0 Å². The largest absolute Gasteiger partial charge is 0.461 e. The topological polar surface area (TPSA) is 55.7 Å². The van der Waals surface area contributed by atoms with Crippen LogP contribution >= 0.6 is 0 Å². The van der Waals surface area contributed by atoms with Gasteiger partial charge in [-0.25, -0.2) is 4.98 Å². The summed E-state index contributed by atoms with van der Waals surface area (Å²) in [5.41, 5.74) is 1.93. The van der Waals surface area contributed by atoms with Gasteiger partial charge in [-0.05, 0) is 31.2 Å². The van der Waals surface area contributed by atoms with E-state index < -0.39 is 0 Å². The molecule has 1 aromatic carbocycles. The van der Waals surface area contributed by atoms with Crippen molar-refractivity contribution in [2.75, 3.05) is 0 Å². The van der Waals surface area contributed by atoms with Crippen molar-refractivity contribution in [3.05, 3.63) is 41.2 Å². The van der Waals surface area contributed by atoms with Crippen LogP contribution < -0.4 is 10.7 Å². The average Bonchev–Trinajstić information content (AvgIpc) is 3.06. The zero-order valence-electron chi connectivity index (χ0n) is 10.7. The fraction of sp³-hybridized carbons (Fsp3) is 0.214. The van der Waals surface area contributed by atoms with Gasteiger partial charge in [-0.2, -0.15) is 0 Å². The van der Waals surface area contributed by atoms with E-state index in [0.717, 1.165) is 33.3 Å². The second kappa shape index (κ2) is 3.54. The van der Waals surface area contributed by atoms with E-state index in [-0.39, 0.29) is 6.17 Å². The van der Waals surface area contributed by atoms with E-state index in [4.69, 9.17) is 4.42 Å². The van der Waals surface area contributed by atoms with Gasteiger partial charge < -0.3 is 8.98 Å². The maximum Gasteiger partial charge on any atom is 0.177 e. The van der Waals surface area contributed by atoms with Crippen LogP contribution in [0.25, 0.3) is 22.6 Å². The first-order valence-electron chi connectivity index (χ1n) is 6.19. The molecule has 0 N–H and O–H groups in total. The number of aryl methyl sites for hydroxylation is 1. The van der Waals surface area contributed by atoms with E-state index in [1.807, 2.05) is 42.8 Å². The average molecular weight is 252 g/mol. The summed E-state index contributed by atoms with van der Waals surface area (Å²) in [6, 6.07) is 7.73. The van der Waals surface area contributed by atoms with E-state index in [0.29, 0.717) is 0 Å². The van der Waals surface area contributed by atoms with Crippen LogP contribution in [0.1, 0.15) is 6.92 Å². The van der Waals surface area contributed by atoms with Gasteiger partial charge in [0.1, 0.15) is 11.5 Å². The molecule has 4 rings (SSSR count). The third-order valence-corrected chi connectivity index (χ3v) is 3.37. The van der Waals surface area contributed by atoms with Gasteiger partial charge in [0.05, 0.1) is 22.7 Å². The third kappa shape index (κ3) is 1.38. The van der Waals surface area contributed by atoms with Gasteiger partial charge in [-0.3, -0.25) is 9.98 Å². The molecular weight excluding hydrogens is 240 g/mol. The Kier molecular flexibility index (Phi) is 1.95. The molecule has 1 aliphatic heterocycles. The fourth-order valence-corrected chi connectivity index (χ4v) is 2.55. The smallest absolute Gasteiger partial charge is 0.177 e. The third-order valence-electron chi connectivity index (χ3n) is 3.37. The summed E-state index contributed by atoms with van der Waals surface area (Å²) in [6.45, 7) is 1.98. The molecule has 0 aliphatic carbocycles. The second-order valence-electron chi connectivity index (χ2n) is 4.66. The van der Waals surface area contributed by atoms with Crippen molar-refractivity contribution in [1.29, 1.82) is 0 Å². The first-order chi connectivity index (χ1) is 9.24. The zero-order chi connectivity index (χ0) is 13.0. The molecule has 94 valence electrons. The molecule has 0 saturated heterocycles. The molecule has 0 bridgehead atoms. The van der Waals surface area contributed by atoms with Gasteiger partial charge in [0, 0.05) is 7.05 Å². The quantitative estimate of drug-likeness (QED) is 0.658. The standard InChI is InChI=1S/C14H12N4O/c1-8-15-9-5-6-10-13(12(9)16-8)18(2)14(17-10)11-4-3-7-19-11/h3-8H,1-2H3. The molecular formula is C14H12N4O. The summed E-state index contributed by atoms with van der Waals surface area (Å²) in [4.78, 5) is 13.7. The summed E-state index contributed by atoms with van der Waals surface area (Å²) in [6.07, 6.45) is 1.64. The number of hydrogen-bond donors (Lipinski definition) is 0. The Morgan fingerprint density at radius 1 is 1.21 bits per heavy atom. The molecule has 3 aromatic rings. The van der Waals surface area contributed by atoms with Crippen molar-refractivity contribution in [3.63, 3.8) is 0 Å². The normalized spacial score (nSPS) is 17.3. The number of benzene rings is 1. The molecule has 0 spiro atoms. The van der Waals surface area contributed by atoms with E-state index in [9.17, 15) is 0 Å². The van der Waals surface area contributed by atoms with E-state index >= 15 is 0 Å². The lowest BCUT2D eigenvalue weighted by atomic mass is 10.3. The number of fused-ring (bicyclic) bond motifs is 3. The second-order valence-corrected chi connectivity index (χ2v) is 4.66. The Balaban J connectivity index is 2.14. The summed E-state index contributed by atoms with van der Waals surface area (Å²) >= 11 is 0. The van der Waals surface area contributed by atoms with Crippen molar-refractivity contribution in [2.24, 2.45) is 17.0 Å². The van der Waals surface area contributed by atoms with E-state index in [1.165, 1.54) is 0 Å². The molecule has 1 atom stereocenters. The first kappa shape index (κ1) is 10.5. The molecule has 1 unspecified atom stereocenters. The minimum absolute atomic E-state index is 0.0115. The highest BCUT2D eigenvalue weighted by Crippen LogP contribution is 2.21. The minimum Gasteiger partial charge on any atom is -0.461 e. The van der Waals surface area contributed by atoms with Gasteiger partial charge in [-0.1, -0.05) is 0 Å². The van der Waals surface area contributed by atoms with Gasteiger partial charge in [0.2, 0.25) is 0 Å². The zero-order valence-corrected chi connectivity index (χ0v) is 10.7. The monoisotopic (exact) mass is 252 g/mol. The lowest BCUT2D eigenvalue weighted by molar-refractivity contribution is 0.574. The van der Waals surface area contributed by atoms with Crippen LogP contribution in [0.2, 0.25) is 0 Å². The van der Waals surface area contributed by atoms with Gasteiger partial charge in [-0.15, -0.1) is 0 Å². The highest BCUT2D eigenvalue weighted by molar-refractivity contribution is 5.79. The van der Waals surface area contributed by atoms with Crippen molar-refractivity contribution in [3.8, 4) is 11.6 Å². The number of aromatic nitrogens is 2. The molecule has 0 saturated carbocycles. The Morgan fingerprint density at radius 2 is 2.11 bits per heavy atom. The number of rotatable bonds is 1. The van der Waals surface area contributed by atoms with Crippen LogP contribution in [-0.4, -0.2) is 15.7 Å². The molecule has 3 heterocycles. The number of imidazole rings is 1. The number of furan rings is 1. The van der Waals surface area contributed by atoms with E-state index in [2.05, 4.69) is 15.0 Å². The lowest BCUT2D eigenvalue weighted by Gasteiger charge is -1.98. The summed E-state index contributed by atoms with van der Waals surface area (Å²) in [5.74, 6) is 1.57. The van der Waals surface area contributed by atoms with E-state index in [1.54, 1.807) is 6.26 Å². The van der Waals surface area contributed by atoms with Crippen molar-refractivity contribution < 1.29 is 4.42 Å². The molecule has 1 aliphatic rings. The molecule has 5 heteroatoms. The van der Waals surface area contributed by atoms with Crippen molar-refractivity contribution in [2.45, 2.75) is 13.1 Å². The molecule has 0 fully saturated rings. The lowest BCUT2D eigenvalue weighted by Crippen LogP contribution is -2.23. The fourth-order valence-electron chi connectivity index (χ4n) is 2.55. The maximum absolute atomic E-state index is 5.43. The highest BCUT2D eigenvalue weighted by atomic mass is 16.3. The van der Waals surface area contributed by atoms with Crippen LogP contribution in [0.15, 0.2) is 44.9 Å². The first-order valence-corrected chi connectivity index (χ1v) is 6.19. The molecule has 2 aromatic heterocycles. The number of hydrogen-bond acceptors (Lipinski definition) is 4. The minimum atomic E-state index is -0.0115. The number of nitrogens with zero attached hydrogens (tertiary/aromatic N) is 4. The SMILES string of the molecule is CC1N=c2ccc3nc(-c4ccco4)n(C)c3c2=N1. The van der Waals surface area contributed by atoms with Gasteiger partial charge in [0.15, 0.2) is 11.6 Å². The summed E-state index contributed by atoms with van der Waals surface area (Å²) < 4.78 is 7.45. The molecule has 19 heavy (non-hydrogen) atoms. The van der Waals surface area contributed by atoms with Crippen molar-refractivity contribution in [1.82, 2.24) is 9.55 Å². The molecule has 0 radical (unpaired) electrons. The summed E-state index contributed by atoms with van der Waals surface area (Å²) in [5, 5.41) is 1.87. The Morgan fingerprint density at radius 3 is 2.89 bits per heavy atom. The predicted octanol–water partition coefficient (Wildman–Crippen LogP) is 1.43. The van der Waals surface area contributed by atoms with Crippen LogP contribution in [-0.2, 0) is 7.05 Å². The molecule has 0 amide bonds. The van der Waals surface area contributed by atoms with Gasteiger partial charge in [0.25, 0.3) is 0 Å². The van der Waals surface area contributed by atoms with Crippen LogP contribution in [0.3, 0.4) is 0 Å². The Hall–Kier alpha value is -2.43. The van der Waals surface area contributed by atoms with Gasteiger partial charge >= 0.3 is 0 Å². The summed E-state index contributed by atoms with van der Waals surface area (Å²) in [7, 11) is 1.98. The predicted molar refractivity (Wildman–Crippen MR) is 70.2 cm³/mol. The maximum atomic E-state index is 5.43. The Labute approximate surface area is 108 Å². The highest BCUT2D eigenvalue weighted by Gasteiger charge is 2.16. The Bertz CT molecular complexity index is 890.